The van der Waals surface area contributed by atoms with E-state index < -0.39 is 0 Å². The van der Waals surface area contributed by atoms with Crippen LogP contribution in [0.25, 0.3) is 0 Å². The molecule has 0 spiro atoms. The van der Waals surface area contributed by atoms with Gasteiger partial charge in [0.1, 0.15) is 0 Å². The Morgan fingerprint density at radius 3 is 2.27 bits per heavy atom. The maximum Gasteiger partial charge on any atom is 0.000416 e. The molecule has 1 rings (SSSR count). The first-order chi connectivity index (χ1) is 5.04. The van der Waals surface area contributed by atoms with Gasteiger partial charge < -0.3 is 0 Å². The molecule has 0 saturated carbocycles. The fourth-order valence-corrected chi connectivity index (χ4v) is 1.34. The summed E-state index contributed by atoms with van der Waals surface area (Å²) in [5.41, 5.74) is 1.89. The second kappa shape index (κ2) is 2.84. The molecule has 0 aliphatic heterocycles. The molecule has 1 aliphatic rings. The van der Waals surface area contributed by atoms with Gasteiger partial charge in [0.2, 0.25) is 0 Å². The lowest BCUT2D eigenvalue weighted by atomic mass is 9.82. The molecule has 0 amide bonds. The monoisotopic (exact) mass is 150 g/mol. The van der Waals surface area contributed by atoms with Crippen LogP contribution in [-0.2, 0) is 0 Å². The van der Waals surface area contributed by atoms with Crippen LogP contribution in [0.5, 0.6) is 0 Å². The predicted molar refractivity (Wildman–Crippen MR) is 50.5 cm³/mol. The van der Waals surface area contributed by atoms with Crippen molar-refractivity contribution in [3.05, 3.63) is 23.8 Å². The predicted octanol–water partition coefficient (Wildman–Crippen LogP) is 3.55. The maximum absolute atomic E-state index is 2.39. The minimum Gasteiger partial charge on any atom is -0.0768 e. The largest absolute Gasteiger partial charge is 0.0768 e. The third-order valence-corrected chi connectivity index (χ3v) is 2.32. The zero-order chi connectivity index (χ0) is 8.48. The highest BCUT2D eigenvalue weighted by Gasteiger charge is 2.22. The smallest absolute Gasteiger partial charge is 0.000416 e. The first-order valence-electron chi connectivity index (χ1n) is 4.43. The van der Waals surface area contributed by atoms with Crippen LogP contribution in [0.4, 0.5) is 0 Å². The Bertz CT molecular complexity index is 189. The van der Waals surface area contributed by atoms with Gasteiger partial charge >= 0.3 is 0 Å². The van der Waals surface area contributed by atoms with Gasteiger partial charge in [0, 0.05) is 5.92 Å². The van der Waals surface area contributed by atoms with E-state index in [2.05, 4.69) is 45.9 Å². The summed E-state index contributed by atoms with van der Waals surface area (Å²) < 4.78 is 0. The topological polar surface area (TPSA) is 0 Å². The fraction of sp³-hybridized carbons (Fsp3) is 0.636. The van der Waals surface area contributed by atoms with Crippen LogP contribution in [0.1, 0.15) is 34.1 Å². The lowest BCUT2D eigenvalue weighted by Gasteiger charge is -2.23. The Kier molecular flexibility index (Phi) is 2.22. The number of hydrogen-bond donors (Lipinski definition) is 0. The van der Waals surface area contributed by atoms with Crippen LogP contribution in [-0.4, -0.2) is 0 Å². The average Bonchev–Trinajstić information content (AvgIpc) is 2.32. The lowest BCUT2D eigenvalue weighted by molar-refractivity contribution is 0.346. The van der Waals surface area contributed by atoms with Gasteiger partial charge in [-0.25, -0.2) is 0 Å². The molecule has 0 fully saturated rings. The van der Waals surface area contributed by atoms with E-state index in [-0.39, 0.29) is 0 Å². The summed E-state index contributed by atoms with van der Waals surface area (Å²) in [6.07, 6.45) is 8.14. The molecule has 0 radical (unpaired) electrons. The number of rotatable bonds is 1. The summed E-state index contributed by atoms with van der Waals surface area (Å²) in [6.45, 7) is 9.08. The summed E-state index contributed by atoms with van der Waals surface area (Å²) in [6, 6.07) is 0. The molecule has 0 bridgehead atoms. The molecule has 62 valence electrons. The highest BCUT2D eigenvalue weighted by atomic mass is 14.3. The van der Waals surface area contributed by atoms with E-state index in [0.29, 0.717) is 11.3 Å². The van der Waals surface area contributed by atoms with Gasteiger partial charge in [0.15, 0.2) is 0 Å². The van der Waals surface area contributed by atoms with Gasteiger partial charge in [-0.2, -0.15) is 0 Å². The van der Waals surface area contributed by atoms with E-state index in [1.54, 1.807) is 0 Å². The van der Waals surface area contributed by atoms with E-state index in [9.17, 15) is 0 Å². The highest BCUT2D eigenvalue weighted by molar-refractivity contribution is 5.29. The zero-order valence-electron chi connectivity index (χ0n) is 8.02. The second-order valence-corrected chi connectivity index (χ2v) is 4.35. The molecule has 1 unspecified atom stereocenters. The van der Waals surface area contributed by atoms with Crippen LogP contribution >= 0.6 is 0 Å². The van der Waals surface area contributed by atoms with E-state index in [4.69, 9.17) is 0 Å². The summed E-state index contributed by atoms with van der Waals surface area (Å²) in [4.78, 5) is 0. The summed E-state index contributed by atoms with van der Waals surface area (Å²) in [5.74, 6) is 0.650. The summed E-state index contributed by atoms with van der Waals surface area (Å²) >= 11 is 0. The average molecular weight is 150 g/mol. The maximum atomic E-state index is 2.39. The van der Waals surface area contributed by atoms with Gasteiger partial charge in [-0.05, 0) is 11.8 Å². The van der Waals surface area contributed by atoms with Crippen LogP contribution in [0.15, 0.2) is 23.8 Å². The van der Waals surface area contributed by atoms with Crippen LogP contribution in [0, 0.1) is 11.3 Å². The molecular weight excluding hydrogens is 132 g/mol. The molecule has 1 atom stereocenters. The normalized spacial score (nSPS) is 24.0. The van der Waals surface area contributed by atoms with Gasteiger partial charge in [0.05, 0.1) is 0 Å². The fourth-order valence-electron chi connectivity index (χ4n) is 1.34. The van der Waals surface area contributed by atoms with E-state index in [0.717, 1.165) is 0 Å². The first-order valence-corrected chi connectivity index (χ1v) is 4.43. The molecule has 11 heavy (non-hydrogen) atoms. The molecule has 0 aromatic heterocycles. The summed E-state index contributed by atoms with van der Waals surface area (Å²) in [5, 5.41) is 0. The molecule has 0 aromatic rings. The molecule has 1 aliphatic carbocycles. The SMILES string of the molecule is CCC1=CC(C(C)(C)C)C=C1. The Morgan fingerprint density at radius 1 is 1.36 bits per heavy atom. The van der Waals surface area contributed by atoms with Crippen molar-refractivity contribution < 1.29 is 0 Å². The van der Waals surface area contributed by atoms with Gasteiger partial charge in [-0.15, -0.1) is 0 Å². The standard InChI is InChI=1S/C11H18/c1-5-9-6-7-10(8-9)11(2,3)4/h6-8,10H,5H2,1-4H3. The third-order valence-electron chi connectivity index (χ3n) is 2.32. The Morgan fingerprint density at radius 2 is 2.00 bits per heavy atom. The van der Waals surface area contributed by atoms with E-state index in [1.807, 2.05) is 0 Å². The number of allylic oxidation sites excluding steroid dienone is 4. The van der Waals surface area contributed by atoms with E-state index >= 15 is 0 Å². The molecule has 0 saturated heterocycles. The van der Waals surface area contributed by atoms with Gasteiger partial charge in [-0.3, -0.25) is 0 Å². The third kappa shape index (κ3) is 1.95. The molecule has 0 N–H and O–H groups in total. The zero-order valence-corrected chi connectivity index (χ0v) is 8.02. The Labute approximate surface area is 70.0 Å². The Balaban J connectivity index is 2.69. The highest BCUT2D eigenvalue weighted by Crippen LogP contribution is 2.33. The van der Waals surface area contributed by atoms with E-state index in [1.165, 1.54) is 12.0 Å². The minimum absolute atomic E-state index is 0.396. The van der Waals surface area contributed by atoms with Crippen molar-refractivity contribution in [1.29, 1.82) is 0 Å². The van der Waals surface area contributed by atoms with Crippen molar-refractivity contribution in [2.24, 2.45) is 11.3 Å². The van der Waals surface area contributed by atoms with Crippen LogP contribution in [0.2, 0.25) is 0 Å². The van der Waals surface area contributed by atoms with Gasteiger partial charge in [-0.1, -0.05) is 51.5 Å². The molecule has 0 heterocycles. The Hall–Kier alpha value is -0.520. The van der Waals surface area contributed by atoms with Crippen molar-refractivity contribution in [2.75, 3.05) is 0 Å². The van der Waals surface area contributed by atoms with Crippen molar-refractivity contribution in [2.45, 2.75) is 34.1 Å². The number of hydrogen-bond acceptors (Lipinski definition) is 0. The second-order valence-electron chi connectivity index (χ2n) is 4.35. The van der Waals surface area contributed by atoms with Crippen molar-refractivity contribution >= 4 is 0 Å². The molecule has 0 nitrogen and oxygen atoms in total. The van der Waals surface area contributed by atoms with Gasteiger partial charge in [0.25, 0.3) is 0 Å². The molecule has 0 heteroatoms. The lowest BCUT2D eigenvalue weighted by Crippen LogP contribution is -2.14. The van der Waals surface area contributed by atoms with Crippen molar-refractivity contribution in [3.63, 3.8) is 0 Å². The van der Waals surface area contributed by atoms with Crippen molar-refractivity contribution in [3.8, 4) is 0 Å². The molecular formula is C11H18. The van der Waals surface area contributed by atoms with Crippen LogP contribution in [0.3, 0.4) is 0 Å². The first kappa shape index (κ1) is 8.58. The minimum atomic E-state index is 0.396. The van der Waals surface area contributed by atoms with Crippen LogP contribution < -0.4 is 0 Å². The molecule has 0 aromatic carbocycles. The quantitative estimate of drug-likeness (QED) is 0.536. The van der Waals surface area contributed by atoms with Crippen molar-refractivity contribution in [1.82, 2.24) is 0 Å². The summed E-state index contributed by atoms with van der Waals surface area (Å²) in [7, 11) is 0.